The summed E-state index contributed by atoms with van der Waals surface area (Å²) in [5, 5.41) is 13.7. The second kappa shape index (κ2) is 7.95. The first-order chi connectivity index (χ1) is 13.3. The van der Waals surface area contributed by atoms with Gasteiger partial charge in [0.15, 0.2) is 0 Å². The number of likely N-dealkylation sites (tertiary alicyclic amines) is 1. The molecule has 0 aromatic heterocycles. The number of carboxylic acid groups (broad SMARTS) is 1. The molecule has 0 unspecified atom stereocenters. The van der Waals surface area contributed by atoms with Crippen molar-refractivity contribution in [3.63, 3.8) is 0 Å². The van der Waals surface area contributed by atoms with Crippen LogP contribution in [0.2, 0.25) is 0 Å². The Kier molecular flexibility index (Phi) is 5.62. The van der Waals surface area contributed by atoms with Crippen LogP contribution in [0, 0.1) is 11.7 Å². The van der Waals surface area contributed by atoms with Gasteiger partial charge < -0.3 is 25.0 Å². The third-order valence-electron chi connectivity index (χ3n) is 5.17. The van der Waals surface area contributed by atoms with Crippen molar-refractivity contribution in [3.8, 4) is 0 Å². The van der Waals surface area contributed by atoms with Gasteiger partial charge in [-0.3, -0.25) is 14.4 Å². The van der Waals surface area contributed by atoms with E-state index in [1.54, 1.807) is 0 Å². The molecule has 1 aromatic carbocycles. The highest BCUT2D eigenvalue weighted by atomic mass is 19.1. The molecule has 9 heteroatoms. The maximum Gasteiger partial charge on any atom is 0.245 e. The van der Waals surface area contributed by atoms with Crippen LogP contribution in [0.1, 0.15) is 26.2 Å². The van der Waals surface area contributed by atoms with Crippen LogP contribution >= 0.6 is 0 Å². The Hall–Kier alpha value is -2.97. The number of hydrogen-bond donors (Lipinski definition) is 1. The number of halogens is 1. The summed E-state index contributed by atoms with van der Waals surface area (Å²) < 4.78 is 13.1. The van der Waals surface area contributed by atoms with E-state index in [4.69, 9.17) is 0 Å². The Morgan fingerprint density at radius 3 is 2.57 bits per heavy atom. The van der Waals surface area contributed by atoms with Gasteiger partial charge in [0.25, 0.3) is 0 Å². The quantitative estimate of drug-likeness (QED) is 0.724. The van der Waals surface area contributed by atoms with E-state index in [-0.39, 0.29) is 18.9 Å². The van der Waals surface area contributed by atoms with Gasteiger partial charge in [0.2, 0.25) is 17.7 Å². The van der Waals surface area contributed by atoms with Gasteiger partial charge in [-0.25, -0.2) is 4.39 Å². The lowest BCUT2D eigenvalue weighted by Crippen LogP contribution is -2.53. The molecule has 1 aromatic rings. The van der Waals surface area contributed by atoms with Gasteiger partial charge in [0.1, 0.15) is 11.9 Å². The Morgan fingerprint density at radius 2 is 1.93 bits per heavy atom. The summed E-state index contributed by atoms with van der Waals surface area (Å²) in [6, 6.07) is 3.51. The fourth-order valence-corrected chi connectivity index (χ4v) is 3.67. The van der Waals surface area contributed by atoms with E-state index in [2.05, 4.69) is 5.32 Å². The number of nitrogens with one attached hydrogen (secondary N) is 1. The zero-order valence-electron chi connectivity index (χ0n) is 15.4. The lowest BCUT2D eigenvalue weighted by Gasteiger charge is -2.28. The fraction of sp³-hybridized carbons (Fsp3) is 0.474. The predicted molar refractivity (Wildman–Crippen MR) is 94.2 cm³/mol. The molecule has 0 bridgehead atoms. The number of anilines is 1. The smallest absolute Gasteiger partial charge is 0.245 e. The van der Waals surface area contributed by atoms with Gasteiger partial charge in [0.05, 0.1) is 17.9 Å². The Morgan fingerprint density at radius 1 is 1.25 bits per heavy atom. The van der Waals surface area contributed by atoms with E-state index in [0.717, 1.165) is 0 Å². The largest absolute Gasteiger partial charge is 0.548 e. The minimum atomic E-state index is -1.30. The SMILES string of the molecule is C[C@H](NC(=O)[C@@H]1CC(=O)N(c2ccc(F)cc2)C1)C(=O)N1CCC[C@H]1C(=O)[O-]. The van der Waals surface area contributed by atoms with Gasteiger partial charge in [0, 0.05) is 25.2 Å². The second-order valence-corrected chi connectivity index (χ2v) is 7.12. The molecule has 28 heavy (non-hydrogen) atoms. The number of hydrogen-bond acceptors (Lipinski definition) is 5. The van der Waals surface area contributed by atoms with Crippen LogP contribution in [0.3, 0.4) is 0 Å². The molecule has 2 fully saturated rings. The second-order valence-electron chi connectivity index (χ2n) is 7.12. The van der Waals surface area contributed by atoms with Crippen LogP contribution in [-0.4, -0.2) is 53.8 Å². The van der Waals surface area contributed by atoms with Gasteiger partial charge in [-0.2, -0.15) is 0 Å². The molecule has 1 N–H and O–H groups in total. The maximum absolute atomic E-state index is 13.1. The topological polar surface area (TPSA) is 110 Å². The first-order valence-electron chi connectivity index (χ1n) is 9.15. The van der Waals surface area contributed by atoms with Gasteiger partial charge >= 0.3 is 0 Å². The third-order valence-corrected chi connectivity index (χ3v) is 5.17. The monoisotopic (exact) mass is 390 g/mol. The van der Waals surface area contributed by atoms with Gasteiger partial charge in [-0.15, -0.1) is 0 Å². The van der Waals surface area contributed by atoms with E-state index >= 15 is 0 Å². The molecule has 0 saturated carbocycles. The molecule has 2 aliphatic rings. The molecule has 2 saturated heterocycles. The molecule has 0 aliphatic carbocycles. The zero-order chi connectivity index (χ0) is 20.4. The molecule has 2 aliphatic heterocycles. The molecule has 3 atom stereocenters. The lowest BCUT2D eigenvalue weighted by atomic mass is 10.1. The van der Waals surface area contributed by atoms with Crippen molar-refractivity contribution < 1.29 is 28.7 Å². The molecule has 150 valence electrons. The van der Waals surface area contributed by atoms with Crippen LogP contribution in [0.4, 0.5) is 10.1 Å². The minimum absolute atomic E-state index is 0.0183. The molecule has 0 spiro atoms. The van der Waals surface area contributed by atoms with Gasteiger partial charge in [-0.05, 0) is 44.0 Å². The van der Waals surface area contributed by atoms with E-state index < -0.39 is 41.6 Å². The van der Waals surface area contributed by atoms with E-state index in [1.807, 2.05) is 0 Å². The highest BCUT2D eigenvalue weighted by Crippen LogP contribution is 2.25. The summed E-state index contributed by atoms with van der Waals surface area (Å²) in [6.07, 6.45) is 0.878. The van der Waals surface area contributed by atoms with Crippen LogP contribution in [0.5, 0.6) is 0 Å². The fourth-order valence-electron chi connectivity index (χ4n) is 3.67. The predicted octanol–water partition coefficient (Wildman–Crippen LogP) is -0.576. The molecular weight excluding hydrogens is 369 g/mol. The van der Waals surface area contributed by atoms with E-state index in [9.17, 15) is 28.7 Å². The number of amides is 3. The van der Waals surface area contributed by atoms with Crippen molar-refractivity contribution >= 4 is 29.4 Å². The van der Waals surface area contributed by atoms with E-state index in [0.29, 0.717) is 25.1 Å². The number of nitrogens with zero attached hydrogens (tertiary/aromatic N) is 2. The number of carbonyl (C=O) groups is 4. The summed E-state index contributed by atoms with van der Waals surface area (Å²) in [7, 11) is 0. The average molecular weight is 390 g/mol. The molecule has 3 rings (SSSR count). The van der Waals surface area contributed by atoms with Crippen LogP contribution in [0.15, 0.2) is 24.3 Å². The van der Waals surface area contributed by atoms with Crippen LogP contribution in [-0.2, 0) is 19.2 Å². The van der Waals surface area contributed by atoms with Crippen LogP contribution in [0.25, 0.3) is 0 Å². The van der Waals surface area contributed by atoms with Crippen molar-refractivity contribution in [2.24, 2.45) is 5.92 Å². The Balaban J connectivity index is 1.60. The summed E-state index contributed by atoms with van der Waals surface area (Å²) in [4.78, 5) is 51.0. The third kappa shape index (κ3) is 3.97. The van der Waals surface area contributed by atoms with Crippen molar-refractivity contribution in [2.75, 3.05) is 18.0 Å². The molecular formula is C19H21FN3O5-. The van der Waals surface area contributed by atoms with Crippen molar-refractivity contribution in [3.05, 3.63) is 30.1 Å². The van der Waals surface area contributed by atoms with Crippen molar-refractivity contribution in [1.82, 2.24) is 10.2 Å². The van der Waals surface area contributed by atoms with E-state index in [1.165, 1.54) is 41.0 Å². The number of benzene rings is 1. The number of aliphatic carboxylic acids is 1. The first-order valence-corrected chi connectivity index (χ1v) is 9.15. The molecule has 0 radical (unpaired) electrons. The summed E-state index contributed by atoms with van der Waals surface area (Å²) in [5.74, 6) is -3.58. The summed E-state index contributed by atoms with van der Waals surface area (Å²) in [5.41, 5.74) is 0.500. The maximum atomic E-state index is 13.1. The molecule has 3 amide bonds. The summed E-state index contributed by atoms with van der Waals surface area (Å²) in [6.45, 7) is 1.92. The zero-order valence-corrected chi connectivity index (χ0v) is 15.4. The number of carboxylic acids is 1. The standard InChI is InChI=1S/C19H22FN3O5/c1-11(18(26)22-8-2-3-15(22)19(27)28)21-17(25)12-9-16(24)23(10-12)14-6-4-13(20)5-7-14/h4-7,11-12,15H,2-3,8-10H2,1H3,(H,21,25)(H,27,28)/p-1/t11-,12+,15-/m0/s1. The highest BCUT2D eigenvalue weighted by molar-refractivity contribution is 6.01. The summed E-state index contributed by atoms with van der Waals surface area (Å²) >= 11 is 0. The molecule has 8 nitrogen and oxygen atoms in total. The van der Waals surface area contributed by atoms with Crippen LogP contribution < -0.4 is 15.3 Å². The number of carbonyl (C=O) groups excluding carboxylic acids is 4. The minimum Gasteiger partial charge on any atom is -0.548 e. The first kappa shape index (κ1) is 19.8. The normalized spacial score (nSPS) is 23.0. The Bertz CT molecular complexity index is 797. The lowest BCUT2D eigenvalue weighted by molar-refractivity contribution is -0.310. The van der Waals surface area contributed by atoms with Crippen molar-refractivity contribution in [2.45, 2.75) is 38.3 Å². The highest BCUT2D eigenvalue weighted by Gasteiger charge is 2.37. The molecule has 2 heterocycles. The van der Waals surface area contributed by atoms with Crippen molar-refractivity contribution in [1.29, 1.82) is 0 Å². The number of rotatable bonds is 5. The van der Waals surface area contributed by atoms with Gasteiger partial charge in [-0.1, -0.05) is 0 Å². The Labute approximate surface area is 161 Å². The average Bonchev–Trinajstić information content (AvgIpc) is 3.28.